The van der Waals surface area contributed by atoms with E-state index in [2.05, 4.69) is 21.3 Å². The number of alkyl halides is 3. The van der Waals surface area contributed by atoms with Crippen LogP contribution in [0.1, 0.15) is 170 Å². The molecule has 2 aliphatic heterocycles. The third kappa shape index (κ3) is 23.1. The Morgan fingerprint density at radius 2 is 1.13 bits per heavy atom. The summed E-state index contributed by atoms with van der Waals surface area (Å²) in [5.74, 6) is -11.7. The van der Waals surface area contributed by atoms with Crippen LogP contribution in [-0.4, -0.2) is 240 Å². The minimum Gasteiger partial charge on any atom is -0.343 e. The predicted octanol–water partition coefficient (Wildman–Crippen LogP) is 4.99. The van der Waals surface area contributed by atoms with Crippen LogP contribution in [0.2, 0.25) is 0 Å². The molecule has 0 bridgehead atoms. The minimum atomic E-state index is -5.01. The Hall–Kier alpha value is -7.42. The van der Waals surface area contributed by atoms with Gasteiger partial charge in [0.1, 0.15) is 53.6 Å². The van der Waals surface area contributed by atoms with Gasteiger partial charge in [-0.25, -0.2) is 4.39 Å². The summed E-state index contributed by atoms with van der Waals surface area (Å²) >= 11 is 0. The van der Waals surface area contributed by atoms with Crippen LogP contribution < -0.4 is 21.3 Å². The molecule has 0 spiro atoms. The first-order valence-corrected chi connectivity index (χ1v) is 34.3. The quantitative estimate of drug-likeness (QED) is 0.179. The number of nitrogens with zero attached hydrogens (tertiary/aromatic N) is 8. The third-order valence-electron chi connectivity index (χ3n) is 19.3. The molecule has 1 unspecified atom stereocenters. The summed E-state index contributed by atoms with van der Waals surface area (Å²) in [6.45, 7) is 16.1. The van der Waals surface area contributed by atoms with Gasteiger partial charge in [0.2, 0.25) is 70.9 Å². The van der Waals surface area contributed by atoms with E-state index in [4.69, 9.17) is 0 Å². The standard InChI is InChI=1S/C69H110F4N12O12/c1-18-44(8)59-66(96)80(13)39-57(88)78(11)40-58(89)82(15)53(36-45-24-20-19-21-25-45)64(94)79(12)38-55(86)74-49(29-27-46-26-28-47(48(70)35-46)69(71,72)73)60(90)75-51(33-42(4)5)63(93)84(17)68(9,10)67(97)76-50(32-41(2)3)62(92)83(16)54(65(95)85-30-22-23-31-85)37-56(87)81(14)52(34-43(6)7)61(91)77-59/h26,28,35,41-45,49-54,59H,18-25,27,29-34,36-40H2,1-17H3,(H,74,86)(H,75,90)(H,76,97)(H,77,91)/t44-,49-,50-,51-,52-,53-,54?,59-/m0/s1. The number of likely N-dealkylation sites (tertiary alicyclic amines) is 1. The molecule has 1 aromatic rings. The molecule has 3 fully saturated rings. The average Bonchev–Trinajstić information content (AvgIpc) is 1.10. The largest absolute Gasteiger partial charge is 0.419 e. The Kier molecular flexibility index (Phi) is 30.8. The number of rotatable bonds is 14. The summed E-state index contributed by atoms with van der Waals surface area (Å²) in [6.07, 6.45) is -0.0432. The first-order chi connectivity index (χ1) is 45.1. The predicted molar refractivity (Wildman–Crippen MR) is 356 cm³/mol. The zero-order valence-corrected chi connectivity index (χ0v) is 60.3. The molecule has 3 aliphatic rings. The highest BCUT2D eigenvalue weighted by molar-refractivity contribution is 6.00. The number of hydrogen-bond donors (Lipinski definition) is 4. The second kappa shape index (κ2) is 36.4. The Morgan fingerprint density at radius 1 is 0.588 bits per heavy atom. The van der Waals surface area contributed by atoms with Crippen LogP contribution in [0.25, 0.3) is 0 Å². The highest BCUT2D eigenvalue weighted by atomic mass is 19.4. The smallest absolute Gasteiger partial charge is 0.343 e. The van der Waals surface area contributed by atoms with E-state index in [1.165, 1.54) is 73.0 Å². The average molecular weight is 1380 g/mol. The summed E-state index contributed by atoms with van der Waals surface area (Å²) in [4.78, 5) is 185. The van der Waals surface area contributed by atoms with Crippen molar-refractivity contribution in [2.45, 2.75) is 220 Å². The van der Waals surface area contributed by atoms with Crippen LogP contribution in [0, 0.1) is 35.4 Å². The number of hydrogen-bond acceptors (Lipinski definition) is 12. The van der Waals surface area contributed by atoms with Crippen LogP contribution in [0.4, 0.5) is 17.6 Å². The Morgan fingerprint density at radius 3 is 1.68 bits per heavy atom. The van der Waals surface area contributed by atoms with Crippen LogP contribution >= 0.6 is 0 Å². The summed E-state index contributed by atoms with van der Waals surface area (Å²) in [5.41, 5.74) is -3.30. The van der Waals surface area contributed by atoms with Crippen LogP contribution in [0.5, 0.6) is 0 Å². The van der Waals surface area contributed by atoms with E-state index in [9.17, 15) is 70.3 Å². The number of carbonyl (C=O) groups excluding carboxylic acids is 12. The first kappa shape index (κ1) is 82.0. The normalized spacial score (nSPS) is 24.9. The maximum atomic E-state index is 15.1. The van der Waals surface area contributed by atoms with Gasteiger partial charge in [-0.1, -0.05) is 100.0 Å². The van der Waals surface area contributed by atoms with Gasteiger partial charge in [0.15, 0.2) is 0 Å². The van der Waals surface area contributed by atoms with Gasteiger partial charge in [-0.15, -0.1) is 0 Å². The molecule has 24 nitrogen and oxygen atoms in total. The number of likely N-dealkylation sites (N-methyl/N-ethyl adjacent to an activating group) is 7. The van der Waals surface area contributed by atoms with Crippen LogP contribution in [0.3, 0.4) is 0 Å². The fourth-order valence-electron chi connectivity index (χ4n) is 12.6. The minimum absolute atomic E-state index is 0.00944. The number of benzene rings is 1. The Labute approximate surface area is 570 Å². The number of aryl methyl sites for hydroxylation is 1. The van der Waals surface area contributed by atoms with Gasteiger partial charge < -0.3 is 60.5 Å². The van der Waals surface area contributed by atoms with Crippen molar-refractivity contribution in [2.75, 3.05) is 82.1 Å². The molecule has 0 aromatic heterocycles. The summed E-state index contributed by atoms with van der Waals surface area (Å²) < 4.78 is 55.9. The Balaban J connectivity index is 1.88. The SMILES string of the molecule is CC[C@H](C)[C@@H]1NC(=O)[C@H](CC(C)C)N(C)C(=O)CC(C(=O)N2CCCC2)N(C)C(=O)[C@H](CC(C)C)NC(=O)C(C)(C)N(C)C(=O)[C@H](CC(C)C)NC(=O)[C@H](CCc2ccc(C(F)(F)F)c(F)c2)NC(=O)CN(C)C(=O)[C@H](CC2CCCCC2)N(C)C(=O)CN(C)C(=O)CN(C)C1=O. The molecule has 8 atom stereocenters. The molecule has 1 aliphatic carbocycles. The number of nitrogens with one attached hydrogen (secondary N) is 4. The third-order valence-corrected chi connectivity index (χ3v) is 19.3. The van der Waals surface area contributed by atoms with Gasteiger partial charge >= 0.3 is 6.18 Å². The molecule has 12 amide bonds. The van der Waals surface area contributed by atoms with Gasteiger partial charge in [0.05, 0.1) is 31.6 Å². The second-order valence-electron chi connectivity index (χ2n) is 28.9. The highest BCUT2D eigenvalue weighted by Gasteiger charge is 2.45. The lowest BCUT2D eigenvalue weighted by molar-refractivity contribution is -0.151. The van der Waals surface area contributed by atoms with Crippen molar-refractivity contribution >= 4 is 70.9 Å². The molecule has 4 rings (SSSR count). The highest BCUT2D eigenvalue weighted by Crippen LogP contribution is 2.33. The van der Waals surface area contributed by atoms with E-state index >= 15 is 4.79 Å². The number of halogens is 4. The maximum absolute atomic E-state index is 15.1. The van der Waals surface area contributed by atoms with Gasteiger partial charge in [-0.05, 0) is 112 Å². The van der Waals surface area contributed by atoms with E-state index in [0.29, 0.717) is 44.5 Å². The molecule has 4 N–H and O–H groups in total. The molecule has 2 heterocycles. The fourth-order valence-corrected chi connectivity index (χ4v) is 12.6. The molecule has 546 valence electrons. The van der Waals surface area contributed by atoms with Crippen LogP contribution in [0.15, 0.2) is 18.2 Å². The molecule has 28 heteroatoms. The lowest BCUT2D eigenvalue weighted by Crippen LogP contribution is -2.63. The van der Waals surface area contributed by atoms with Crippen molar-refractivity contribution < 1.29 is 75.1 Å². The second-order valence-corrected chi connectivity index (χ2v) is 28.9. The summed E-state index contributed by atoms with van der Waals surface area (Å²) in [5, 5.41) is 11.0. The Bertz CT molecular complexity index is 2950. The lowest BCUT2D eigenvalue weighted by Gasteiger charge is -2.39. The molecule has 0 radical (unpaired) electrons. The number of amides is 12. The molecule has 2 saturated heterocycles. The molecule has 1 aromatic carbocycles. The van der Waals surface area contributed by atoms with Crippen LogP contribution in [-0.2, 0) is 70.1 Å². The molecule has 1 saturated carbocycles. The number of carbonyl (C=O) groups is 12. The van der Waals surface area contributed by atoms with Crippen molar-refractivity contribution in [3.8, 4) is 0 Å². The van der Waals surface area contributed by atoms with E-state index in [-0.39, 0.29) is 67.8 Å². The summed E-state index contributed by atoms with van der Waals surface area (Å²) in [7, 11) is 9.52. The first-order valence-electron chi connectivity index (χ1n) is 34.3. The lowest BCUT2D eigenvalue weighted by atomic mass is 9.84. The molecular weight excluding hydrogens is 1260 g/mol. The van der Waals surface area contributed by atoms with Crippen molar-refractivity contribution in [2.24, 2.45) is 29.6 Å². The zero-order chi connectivity index (χ0) is 73.3. The topological polar surface area (TPSA) is 279 Å². The van der Waals surface area contributed by atoms with Crippen molar-refractivity contribution in [3.63, 3.8) is 0 Å². The van der Waals surface area contributed by atoms with Gasteiger partial charge in [0, 0.05) is 62.4 Å². The van der Waals surface area contributed by atoms with E-state index in [1.54, 1.807) is 39.5 Å². The zero-order valence-electron chi connectivity index (χ0n) is 60.3. The van der Waals surface area contributed by atoms with E-state index < -0.39 is 168 Å². The molecular formula is C69H110F4N12O12. The van der Waals surface area contributed by atoms with Gasteiger partial charge in [0.25, 0.3) is 0 Å². The van der Waals surface area contributed by atoms with Gasteiger partial charge in [-0.3, -0.25) is 57.5 Å². The summed E-state index contributed by atoms with van der Waals surface area (Å²) in [6, 6.07) is -7.13. The van der Waals surface area contributed by atoms with E-state index in [0.717, 1.165) is 62.7 Å². The van der Waals surface area contributed by atoms with Crippen molar-refractivity contribution in [1.82, 2.24) is 60.5 Å². The van der Waals surface area contributed by atoms with Gasteiger partial charge in [-0.2, -0.15) is 13.2 Å². The monoisotopic (exact) mass is 1370 g/mol. The van der Waals surface area contributed by atoms with Crippen molar-refractivity contribution in [3.05, 3.63) is 35.1 Å². The maximum Gasteiger partial charge on any atom is 0.419 e. The fraction of sp³-hybridized carbons (Fsp3) is 0.739. The van der Waals surface area contributed by atoms with Crippen molar-refractivity contribution in [1.29, 1.82) is 0 Å². The van der Waals surface area contributed by atoms with E-state index in [1.807, 2.05) is 20.8 Å². The molecule has 97 heavy (non-hydrogen) atoms.